The summed E-state index contributed by atoms with van der Waals surface area (Å²) in [7, 11) is 0.552. The summed E-state index contributed by atoms with van der Waals surface area (Å²) in [5.41, 5.74) is 1.26. The highest BCUT2D eigenvalue weighted by Gasteiger charge is 2.27. The molecule has 0 aliphatic carbocycles. The fourth-order valence-electron chi connectivity index (χ4n) is 3.29. The van der Waals surface area contributed by atoms with Crippen molar-refractivity contribution in [2.75, 3.05) is 7.11 Å². The second-order valence-electron chi connectivity index (χ2n) is 7.24. The van der Waals surface area contributed by atoms with Crippen LogP contribution in [0.25, 0.3) is 11.0 Å². The molecule has 0 saturated carbocycles. The summed E-state index contributed by atoms with van der Waals surface area (Å²) in [6.45, 7) is 4.90. The van der Waals surface area contributed by atoms with E-state index in [0.717, 1.165) is 18.2 Å². The van der Waals surface area contributed by atoms with Crippen LogP contribution in [-0.2, 0) is 0 Å². The Kier molecular flexibility index (Phi) is 4.43. The fraction of sp³-hybridized carbons (Fsp3) is 0.529. The molecule has 2 N–H and O–H groups in total. The van der Waals surface area contributed by atoms with Gasteiger partial charge in [-0.25, -0.2) is 0 Å². The Bertz CT molecular complexity index is 711. The Hall–Kier alpha value is -1.82. The third kappa shape index (κ3) is 3.75. The highest BCUT2D eigenvalue weighted by molar-refractivity contribution is 6.77. The van der Waals surface area contributed by atoms with E-state index >= 15 is 0 Å². The van der Waals surface area contributed by atoms with Crippen molar-refractivity contribution in [2.24, 2.45) is 0 Å². The first-order valence-corrected chi connectivity index (χ1v) is 11.7. The van der Waals surface area contributed by atoms with Gasteiger partial charge in [0.2, 0.25) is 5.88 Å². The zero-order chi connectivity index (χ0) is 16.4. The van der Waals surface area contributed by atoms with Crippen LogP contribution in [0.5, 0.6) is 5.88 Å². The number of carbonyl (C=O) groups excluding carboxylic acids is 1. The molecule has 2 aromatic rings. The van der Waals surface area contributed by atoms with Crippen LogP contribution in [0.2, 0.25) is 25.2 Å². The minimum Gasteiger partial charge on any atom is -0.481 e. The number of carbonyl (C=O) groups is 1. The number of nitrogens with zero attached hydrogens (tertiary/aromatic N) is 1. The highest BCUT2D eigenvalue weighted by Crippen LogP contribution is 2.27. The number of H-pyrrole nitrogens is 1. The van der Waals surface area contributed by atoms with Crippen molar-refractivity contribution in [3.8, 4) is 5.88 Å². The number of hydrogen-bond donors (Lipinski definition) is 2. The van der Waals surface area contributed by atoms with Gasteiger partial charge in [-0.15, -0.1) is 0 Å². The molecule has 1 aliphatic heterocycles. The topological polar surface area (TPSA) is 67.0 Å². The molecule has 5 nitrogen and oxygen atoms in total. The summed E-state index contributed by atoms with van der Waals surface area (Å²) >= 11 is 0. The Balaban J connectivity index is 1.70. The Morgan fingerprint density at radius 2 is 2.17 bits per heavy atom. The lowest BCUT2D eigenvalue weighted by atomic mass is 10.1. The molecule has 1 atom stereocenters. The van der Waals surface area contributed by atoms with E-state index in [0.29, 0.717) is 23.3 Å². The number of nitrogens with one attached hydrogen (secondary N) is 2. The summed E-state index contributed by atoms with van der Waals surface area (Å²) in [4.78, 5) is 19.9. The molecule has 2 aromatic heterocycles. The first-order chi connectivity index (χ1) is 11.0. The molecule has 1 amide bonds. The summed E-state index contributed by atoms with van der Waals surface area (Å²) in [6.07, 6.45) is 3.43. The summed E-state index contributed by atoms with van der Waals surface area (Å²) < 4.78 is 5.12. The zero-order valence-corrected chi connectivity index (χ0v) is 15.1. The molecule has 0 bridgehead atoms. The summed E-state index contributed by atoms with van der Waals surface area (Å²) in [5.74, 6) is 0.510. The average Bonchev–Trinajstić information content (AvgIpc) is 2.87. The van der Waals surface area contributed by atoms with E-state index in [1.54, 1.807) is 13.2 Å². The number of amides is 1. The van der Waals surface area contributed by atoms with Crippen LogP contribution in [0.15, 0.2) is 18.2 Å². The summed E-state index contributed by atoms with van der Waals surface area (Å²) in [6, 6.07) is 8.53. The van der Waals surface area contributed by atoms with Gasteiger partial charge in [0.1, 0.15) is 11.3 Å². The lowest BCUT2D eigenvalue weighted by molar-refractivity contribution is 0.0930. The predicted molar refractivity (Wildman–Crippen MR) is 94.8 cm³/mol. The van der Waals surface area contributed by atoms with Gasteiger partial charge in [0.05, 0.1) is 7.11 Å². The van der Waals surface area contributed by atoms with Gasteiger partial charge in [0.15, 0.2) is 0 Å². The number of aromatic amines is 1. The lowest BCUT2D eigenvalue weighted by Crippen LogP contribution is -2.35. The Morgan fingerprint density at radius 1 is 1.35 bits per heavy atom. The van der Waals surface area contributed by atoms with Crippen LogP contribution in [0.3, 0.4) is 0 Å². The lowest BCUT2D eigenvalue weighted by Gasteiger charge is -2.19. The SMILES string of the molecule is COc1ccc2cc(C(=O)N[C@@H]3CCC[Si](C)(C)CC3)[nH]c2n1. The van der Waals surface area contributed by atoms with Crippen molar-refractivity contribution < 1.29 is 9.53 Å². The van der Waals surface area contributed by atoms with Crippen LogP contribution in [0.1, 0.15) is 29.8 Å². The van der Waals surface area contributed by atoms with Crippen molar-refractivity contribution in [1.82, 2.24) is 15.3 Å². The third-order valence-corrected chi connectivity index (χ3v) is 8.17. The van der Waals surface area contributed by atoms with Gasteiger partial charge in [-0.2, -0.15) is 4.98 Å². The minimum atomic E-state index is -1.03. The van der Waals surface area contributed by atoms with Crippen LogP contribution < -0.4 is 10.1 Å². The molecule has 0 radical (unpaired) electrons. The van der Waals surface area contributed by atoms with Crippen molar-refractivity contribution >= 4 is 25.0 Å². The average molecular weight is 331 g/mol. The molecule has 1 fully saturated rings. The molecule has 23 heavy (non-hydrogen) atoms. The smallest absolute Gasteiger partial charge is 0.267 e. The Morgan fingerprint density at radius 3 is 2.96 bits per heavy atom. The molecular formula is C17H25N3O2Si. The largest absolute Gasteiger partial charge is 0.481 e. The number of pyridine rings is 1. The molecule has 0 spiro atoms. The molecule has 1 saturated heterocycles. The van der Waals surface area contributed by atoms with Gasteiger partial charge in [0.25, 0.3) is 5.91 Å². The van der Waals surface area contributed by atoms with Gasteiger partial charge in [0, 0.05) is 25.6 Å². The molecule has 1 aliphatic rings. The first-order valence-electron chi connectivity index (χ1n) is 8.31. The van der Waals surface area contributed by atoms with E-state index in [4.69, 9.17) is 4.74 Å². The van der Waals surface area contributed by atoms with Gasteiger partial charge in [-0.05, 0) is 25.0 Å². The van der Waals surface area contributed by atoms with Crippen LogP contribution >= 0.6 is 0 Å². The number of rotatable bonds is 3. The van der Waals surface area contributed by atoms with Gasteiger partial charge in [-0.3, -0.25) is 4.79 Å². The number of ether oxygens (including phenoxy) is 1. The number of aromatic nitrogens is 2. The normalized spacial score (nSPS) is 20.9. The van der Waals surface area contributed by atoms with Gasteiger partial charge < -0.3 is 15.0 Å². The Labute approximate surface area is 137 Å². The van der Waals surface area contributed by atoms with E-state index in [-0.39, 0.29) is 5.91 Å². The second-order valence-corrected chi connectivity index (χ2v) is 12.6. The maximum atomic E-state index is 12.5. The zero-order valence-electron chi connectivity index (χ0n) is 14.1. The van der Waals surface area contributed by atoms with Crippen molar-refractivity contribution in [2.45, 2.75) is 50.5 Å². The van der Waals surface area contributed by atoms with E-state index < -0.39 is 8.07 Å². The van der Waals surface area contributed by atoms with Crippen molar-refractivity contribution in [3.05, 3.63) is 23.9 Å². The van der Waals surface area contributed by atoms with E-state index in [2.05, 4.69) is 28.4 Å². The van der Waals surface area contributed by atoms with Crippen LogP contribution in [-0.4, -0.2) is 37.1 Å². The molecule has 124 valence electrons. The fourth-order valence-corrected chi connectivity index (χ4v) is 5.83. The summed E-state index contributed by atoms with van der Waals surface area (Å²) in [5, 5.41) is 4.12. The quantitative estimate of drug-likeness (QED) is 0.845. The van der Waals surface area contributed by atoms with E-state index in [9.17, 15) is 4.79 Å². The monoisotopic (exact) mass is 331 g/mol. The van der Waals surface area contributed by atoms with Crippen molar-refractivity contribution in [3.63, 3.8) is 0 Å². The second kappa shape index (κ2) is 6.35. The molecule has 6 heteroatoms. The minimum absolute atomic E-state index is 0.0339. The number of hydrogen-bond acceptors (Lipinski definition) is 3. The number of methoxy groups -OCH3 is 1. The molecule has 0 aromatic carbocycles. The van der Waals surface area contributed by atoms with E-state index in [1.165, 1.54) is 18.5 Å². The molecule has 3 rings (SSSR count). The highest BCUT2D eigenvalue weighted by atomic mass is 28.3. The molecular weight excluding hydrogens is 306 g/mol. The van der Waals surface area contributed by atoms with Crippen LogP contribution in [0, 0.1) is 0 Å². The van der Waals surface area contributed by atoms with E-state index in [1.807, 2.05) is 12.1 Å². The van der Waals surface area contributed by atoms with Gasteiger partial charge >= 0.3 is 0 Å². The number of fused-ring (bicyclic) bond motifs is 1. The van der Waals surface area contributed by atoms with Crippen LogP contribution in [0.4, 0.5) is 0 Å². The molecule has 3 heterocycles. The third-order valence-electron chi connectivity index (χ3n) is 4.82. The maximum Gasteiger partial charge on any atom is 0.267 e. The first kappa shape index (κ1) is 16.0. The maximum absolute atomic E-state index is 12.5. The standard InChI is InChI=1S/C17H25N3O2Si/c1-22-15-7-6-12-11-14(19-16(12)20-15)17(21)18-13-5-4-9-23(2,3)10-8-13/h6-7,11,13H,4-5,8-10H2,1-3H3,(H,18,21)(H,19,20)/t13-/m1/s1. The van der Waals surface area contributed by atoms with Gasteiger partial charge in [-0.1, -0.05) is 31.6 Å². The molecule has 0 unspecified atom stereocenters. The van der Waals surface area contributed by atoms with Crippen molar-refractivity contribution in [1.29, 1.82) is 0 Å². The predicted octanol–water partition coefficient (Wildman–Crippen LogP) is 3.56.